The van der Waals surface area contributed by atoms with Crippen LogP contribution in [0.2, 0.25) is 0 Å². The van der Waals surface area contributed by atoms with Crippen LogP contribution in [-0.2, 0) is 9.84 Å². The molecule has 0 radical (unpaired) electrons. The van der Waals surface area contributed by atoms with E-state index in [0.717, 1.165) is 31.9 Å². The third-order valence-electron chi connectivity index (χ3n) is 3.63. The van der Waals surface area contributed by atoms with Crippen molar-refractivity contribution in [3.05, 3.63) is 24.3 Å². The Morgan fingerprint density at radius 2 is 1.86 bits per heavy atom. The maximum Gasteiger partial charge on any atom is 0.150 e. The van der Waals surface area contributed by atoms with Gasteiger partial charge in [0.15, 0.2) is 0 Å². The number of rotatable bonds is 7. The fourth-order valence-corrected chi connectivity index (χ4v) is 3.14. The monoisotopic (exact) mass is 312 g/mol. The number of nitrogens with one attached hydrogen (secondary N) is 1. The highest BCUT2D eigenvalue weighted by atomic mass is 32.2. The second-order valence-electron chi connectivity index (χ2n) is 5.17. The Morgan fingerprint density at radius 3 is 2.48 bits per heavy atom. The third kappa shape index (κ3) is 5.21. The van der Waals surface area contributed by atoms with E-state index in [1.54, 1.807) is 6.92 Å². The summed E-state index contributed by atoms with van der Waals surface area (Å²) in [6, 6.07) is 8.02. The molecule has 1 aromatic rings. The average molecular weight is 312 g/mol. The Bertz CT molecular complexity index is 522. The van der Waals surface area contributed by atoms with E-state index in [4.69, 9.17) is 4.74 Å². The molecule has 0 aromatic heterocycles. The zero-order chi connectivity index (χ0) is 15.1. The molecule has 0 atom stereocenters. The number of hydrogen-bond acceptors (Lipinski definition) is 5. The summed E-state index contributed by atoms with van der Waals surface area (Å²) >= 11 is 0. The van der Waals surface area contributed by atoms with Crippen molar-refractivity contribution >= 4 is 15.5 Å². The fourth-order valence-electron chi connectivity index (χ4n) is 2.29. The van der Waals surface area contributed by atoms with Crippen LogP contribution in [0.25, 0.3) is 0 Å². The van der Waals surface area contributed by atoms with Crippen molar-refractivity contribution in [2.45, 2.75) is 13.3 Å². The molecule has 5 nitrogen and oxygen atoms in total. The van der Waals surface area contributed by atoms with Crippen molar-refractivity contribution in [1.82, 2.24) is 5.32 Å². The highest BCUT2D eigenvalue weighted by molar-refractivity contribution is 7.91. The van der Waals surface area contributed by atoms with Crippen molar-refractivity contribution in [2.24, 2.45) is 0 Å². The number of anilines is 1. The minimum absolute atomic E-state index is 0.197. The number of hydrogen-bond donors (Lipinski definition) is 1. The van der Waals surface area contributed by atoms with E-state index < -0.39 is 9.84 Å². The first-order valence-corrected chi connectivity index (χ1v) is 9.32. The number of benzene rings is 1. The van der Waals surface area contributed by atoms with Gasteiger partial charge >= 0.3 is 0 Å². The standard InChI is InChI=1S/C15H24N2O3S/c1-2-21(18,19)13-3-12-20-15-6-4-14(5-7-15)17-10-8-16-9-11-17/h4-7,16H,2-3,8-13H2,1H3. The third-order valence-corrected chi connectivity index (χ3v) is 5.42. The van der Waals surface area contributed by atoms with Gasteiger partial charge in [-0.05, 0) is 30.7 Å². The van der Waals surface area contributed by atoms with Gasteiger partial charge in [0, 0.05) is 37.6 Å². The van der Waals surface area contributed by atoms with Gasteiger partial charge in [-0.1, -0.05) is 6.92 Å². The van der Waals surface area contributed by atoms with Gasteiger partial charge in [0.25, 0.3) is 0 Å². The molecule has 1 heterocycles. The average Bonchev–Trinajstić information content (AvgIpc) is 2.53. The minimum Gasteiger partial charge on any atom is -0.494 e. The molecule has 0 bridgehead atoms. The topological polar surface area (TPSA) is 58.6 Å². The van der Waals surface area contributed by atoms with Crippen LogP contribution in [-0.4, -0.2) is 52.7 Å². The van der Waals surface area contributed by atoms with E-state index in [9.17, 15) is 8.42 Å². The van der Waals surface area contributed by atoms with Crippen molar-refractivity contribution in [1.29, 1.82) is 0 Å². The molecule has 1 fully saturated rings. The fraction of sp³-hybridized carbons (Fsp3) is 0.600. The van der Waals surface area contributed by atoms with Gasteiger partial charge in [-0.3, -0.25) is 0 Å². The highest BCUT2D eigenvalue weighted by Crippen LogP contribution is 2.19. The molecule has 6 heteroatoms. The normalized spacial score (nSPS) is 16.0. The van der Waals surface area contributed by atoms with Crippen LogP contribution in [0.5, 0.6) is 5.75 Å². The SMILES string of the molecule is CCS(=O)(=O)CCCOc1ccc(N2CCNCC2)cc1. The maximum atomic E-state index is 11.4. The molecule has 0 spiro atoms. The first-order valence-electron chi connectivity index (χ1n) is 7.50. The molecule has 118 valence electrons. The highest BCUT2D eigenvalue weighted by Gasteiger charge is 2.10. The Hall–Kier alpha value is -1.27. The van der Waals surface area contributed by atoms with Crippen molar-refractivity contribution in [2.75, 3.05) is 49.2 Å². The van der Waals surface area contributed by atoms with E-state index in [2.05, 4.69) is 22.3 Å². The second-order valence-corrected chi connectivity index (χ2v) is 7.64. The lowest BCUT2D eigenvalue weighted by Gasteiger charge is -2.29. The molecule has 2 rings (SSSR count). The molecule has 21 heavy (non-hydrogen) atoms. The van der Waals surface area contributed by atoms with Crippen LogP contribution < -0.4 is 15.0 Å². The maximum absolute atomic E-state index is 11.4. The zero-order valence-electron chi connectivity index (χ0n) is 12.5. The lowest BCUT2D eigenvalue weighted by Crippen LogP contribution is -2.43. The molecule has 0 amide bonds. The summed E-state index contributed by atoms with van der Waals surface area (Å²) in [5.41, 5.74) is 1.21. The summed E-state index contributed by atoms with van der Waals surface area (Å²) in [6.45, 7) is 6.19. The summed E-state index contributed by atoms with van der Waals surface area (Å²) in [4.78, 5) is 2.34. The molecule has 1 saturated heterocycles. The van der Waals surface area contributed by atoms with Crippen LogP contribution >= 0.6 is 0 Å². The van der Waals surface area contributed by atoms with Gasteiger partial charge in [0.1, 0.15) is 15.6 Å². The predicted molar refractivity (Wildman–Crippen MR) is 86.0 cm³/mol. The van der Waals surface area contributed by atoms with E-state index in [-0.39, 0.29) is 11.5 Å². The van der Waals surface area contributed by atoms with Crippen LogP contribution in [0.4, 0.5) is 5.69 Å². The van der Waals surface area contributed by atoms with E-state index in [1.807, 2.05) is 12.1 Å². The molecular formula is C15H24N2O3S. The molecule has 1 N–H and O–H groups in total. The molecule has 1 aliphatic heterocycles. The van der Waals surface area contributed by atoms with Gasteiger partial charge in [-0.2, -0.15) is 0 Å². The number of piperazine rings is 1. The van der Waals surface area contributed by atoms with Crippen molar-refractivity contribution < 1.29 is 13.2 Å². The largest absolute Gasteiger partial charge is 0.494 e. The van der Waals surface area contributed by atoms with Gasteiger partial charge in [0.2, 0.25) is 0 Å². The van der Waals surface area contributed by atoms with Gasteiger partial charge in [-0.15, -0.1) is 0 Å². The summed E-state index contributed by atoms with van der Waals surface area (Å²) in [5, 5.41) is 3.33. The van der Waals surface area contributed by atoms with E-state index in [0.29, 0.717) is 13.0 Å². The molecule has 0 unspecified atom stereocenters. The van der Waals surface area contributed by atoms with Crippen LogP contribution in [0.3, 0.4) is 0 Å². The zero-order valence-corrected chi connectivity index (χ0v) is 13.4. The molecule has 1 aliphatic rings. The van der Waals surface area contributed by atoms with E-state index in [1.165, 1.54) is 5.69 Å². The molecule has 1 aromatic carbocycles. The Morgan fingerprint density at radius 1 is 1.19 bits per heavy atom. The van der Waals surface area contributed by atoms with Crippen molar-refractivity contribution in [3.8, 4) is 5.75 Å². The minimum atomic E-state index is -2.89. The Kier molecular flexibility index (Phi) is 5.87. The first kappa shape index (κ1) is 16.1. The smallest absolute Gasteiger partial charge is 0.150 e. The number of nitrogens with zero attached hydrogens (tertiary/aromatic N) is 1. The number of ether oxygens (including phenoxy) is 1. The van der Waals surface area contributed by atoms with Crippen LogP contribution in [0.15, 0.2) is 24.3 Å². The Labute approximate surface area is 127 Å². The molecule has 0 aliphatic carbocycles. The summed E-state index contributed by atoms with van der Waals surface area (Å²) in [7, 11) is -2.89. The van der Waals surface area contributed by atoms with Crippen LogP contribution in [0, 0.1) is 0 Å². The predicted octanol–water partition coefficient (Wildman–Crippen LogP) is 1.30. The van der Waals surface area contributed by atoms with Gasteiger partial charge in [-0.25, -0.2) is 8.42 Å². The summed E-state index contributed by atoms with van der Waals surface area (Å²) in [6.07, 6.45) is 0.537. The van der Waals surface area contributed by atoms with Gasteiger partial charge < -0.3 is 15.0 Å². The van der Waals surface area contributed by atoms with Crippen LogP contribution in [0.1, 0.15) is 13.3 Å². The lowest BCUT2D eigenvalue weighted by atomic mass is 10.2. The summed E-state index contributed by atoms with van der Waals surface area (Å²) in [5.74, 6) is 1.19. The van der Waals surface area contributed by atoms with E-state index >= 15 is 0 Å². The Balaban J connectivity index is 1.77. The van der Waals surface area contributed by atoms with Crippen molar-refractivity contribution in [3.63, 3.8) is 0 Å². The van der Waals surface area contributed by atoms with Gasteiger partial charge in [0.05, 0.1) is 12.4 Å². The quantitative estimate of drug-likeness (QED) is 0.769. The lowest BCUT2D eigenvalue weighted by molar-refractivity contribution is 0.317. The molecular weight excluding hydrogens is 288 g/mol. The first-order chi connectivity index (χ1) is 10.1. The summed E-state index contributed by atoms with van der Waals surface area (Å²) < 4.78 is 28.3. The number of sulfone groups is 1. The second kappa shape index (κ2) is 7.66. The molecule has 0 saturated carbocycles.